The number of para-hydroxylation sites is 1. The number of nitrogens with zero attached hydrogens (tertiary/aromatic N) is 1. The maximum Gasteiger partial charge on any atom is 0.261 e. The molecule has 1 atom stereocenters. The number of halogens is 1. The van der Waals surface area contributed by atoms with E-state index in [1.165, 1.54) is 29.5 Å². The van der Waals surface area contributed by atoms with Crippen LogP contribution in [0.25, 0.3) is 0 Å². The summed E-state index contributed by atoms with van der Waals surface area (Å²) in [7, 11) is 0. The molecule has 1 saturated carbocycles. The zero-order chi connectivity index (χ0) is 24.1. The number of benzene rings is 1. The van der Waals surface area contributed by atoms with Crippen LogP contribution in [0.15, 0.2) is 58.3 Å². The Morgan fingerprint density at radius 1 is 1.12 bits per heavy atom. The molecule has 4 rings (SSSR count). The van der Waals surface area contributed by atoms with Crippen molar-refractivity contribution in [3.8, 4) is 0 Å². The van der Waals surface area contributed by atoms with Crippen molar-refractivity contribution in [2.45, 2.75) is 44.7 Å². The highest BCUT2D eigenvalue weighted by atomic mass is 32.1. The lowest BCUT2D eigenvalue weighted by atomic mass is 10.1. The number of carbonyl (C=O) groups is 3. The third-order valence-corrected chi connectivity index (χ3v) is 6.63. The number of nitrogens with one attached hydrogen (secondary N) is 2. The van der Waals surface area contributed by atoms with Gasteiger partial charge in [-0.15, -0.1) is 11.3 Å². The van der Waals surface area contributed by atoms with E-state index in [-0.39, 0.29) is 17.5 Å². The van der Waals surface area contributed by atoms with E-state index in [9.17, 15) is 18.8 Å². The molecule has 9 heteroatoms. The lowest BCUT2D eigenvalue weighted by molar-refractivity contribution is -0.127. The molecule has 0 saturated heterocycles. The van der Waals surface area contributed by atoms with Gasteiger partial charge in [-0.3, -0.25) is 19.3 Å². The van der Waals surface area contributed by atoms with Crippen LogP contribution in [0.3, 0.4) is 0 Å². The first-order chi connectivity index (χ1) is 16.4. The molecule has 2 aromatic heterocycles. The van der Waals surface area contributed by atoms with Crippen LogP contribution in [0.1, 0.15) is 52.9 Å². The number of amides is 3. The van der Waals surface area contributed by atoms with Gasteiger partial charge in [-0.1, -0.05) is 31.0 Å². The Labute approximate surface area is 200 Å². The minimum atomic E-state index is -1.24. The second-order valence-electron chi connectivity index (χ2n) is 8.22. The Morgan fingerprint density at radius 3 is 2.53 bits per heavy atom. The molecule has 0 unspecified atom stereocenters. The Bertz CT molecular complexity index is 1150. The van der Waals surface area contributed by atoms with Crippen molar-refractivity contribution in [1.29, 1.82) is 0 Å². The van der Waals surface area contributed by atoms with E-state index in [0.29, 0.717) is 10.6 Å². The van der Waals surface area contributed by atoms with Crippen molar-refractivity contribution in [2.24, 2.45) is 0 Å². The normalized spacial score (nSPS) is 14.5. The predicted molar refractivity (Wildman–Crippen MR) is 127 cm³/mol. The molecule has 3 aromatic rings. The van der Waals surface area contributed by atoms with Gasteiger partial charge < -0.3 is 15.1 Å². The summed E-state index contributed by atoms with van der Waals surface area (Å²) in [5.74, 6) is -1.41. The monoisotopic (exact) mass is 483 g/mol. The average molecular weight is 484 g/mol. The summed E-state index contributed by atoms with van der Waals surface area (Å²) >= 11 is 1.24. The molecule has 1 aliphatic carbocycles. The SMILES string of the molecule is Cc1ccc([C@@H](C(=O)NC2CCCC2)N(C(=O)CNC(=O)c2cccs2)c2ccccc2F)o1. The van der Waals surface area contributed by atoms with Crippen LogP contribution < -0.4 is 15.5 Å². The summed E-state index contributed by atoms with van der Waals surface area (Å²) in [5, 5.41) is 7.33. The fourth-order valence-electron chi connectivity index (χ4n) is 4.12. The first-order valence-corrected chi connectivity index (χ1v) is 12.1. The number of rotatable bonds is 8. The van der Waals surface area contributed by atoms with Crippen molar-refractivity contribution in [1.82, 2.24) is 10.6 Å². The molecule has 2 N–H and O–H groups in total. The van der Waals surface area contributed by atoms with E-state index in [4.69, 9.17) is 4.42 Å². The Balaban J connectivity index is 1.67. The third kappa shape index (κ3) is 5.36. The molecule has 1 aliphatic rings. The second kappa shape index (κ2) is 10.6. The maximum absolute atomic E-state index is 14.9. The van der Waals surface area contributed by atoms with Gasteiger partial charge in [0.15, 0.2) is 6.04 Å². The van der Waals surface area contributed by atoms with Gasteiger partial charge in [0.05, 0.1) is 17.1 Å². The highest BCUT2D eigenvalue weighted by Crippen LogP contribution is 2.32. The Morgan fingerprint density at radius 2 is 1.88 bits per heavy atom. The molecule has 0 bridgehead atoms. The van der Waals surface area contributed by atoms with Gasteiger partial charge in [0.25, 0.3) is 11.8 Å². The van der Waals surface area contributed by atoms with E-state index >= 15 is 0 Å². The third-order valence-electron chi connectivity index (χ3n) is 5.76. The predicted octanol–water partition coefficient (Wildman–Crippen LogP) is 4.35. The van der Waals surface area contributed by atoms with E-state index in [1.807, 2.05) is 0 Å². The van der Waals surface area contributed by atoms with Gasteiger partial charge in [-0.2, -0.15) is 0 Å². The number of hydrogen-bond donors (Lipinski definition) is 2. The summed E-state index contributed by atoms with van der Waals surface area (Å²) in [6, 6.07) is 11.2. The van der Waals surface area contributed by atoms with Crippen molar-refractivity contribution < 1.29 is 23.2 Å². The average Bonchev–Trinajstić information content (AvgIpc) is 3.59. The lowest BCUT2D eigenvalue weighted by Crippen LogP contribution is -2.49. The topological polar surface area (TPSA) is 91.7 Å². The van der Waals surface area contributed by atoms with Gasteiger partial charge in [0.1, 0.15) is 17.3 Å². The van der Waals surface area contributed by atoms with Crippen LogP contribution in [0, 0.1) is 12.7 Å². The lowest BCUT2D eigenvalue weighted by Gasteiger charge is -2.31. The standard InChI is InChI=1S/C25H26FN3O4S/c1-16-12-13-20(33-16)23(25(32)28-17-7-2-3-8-17)29(19-10-5-4-9-18(19)26)22(30)15-27-24(31)21-11-6-14-34-21/h4-6,9-14,17,23H,2-3,7-8,15H2,1H3,(H,27,31)(H,28,32)/t23-/m0/s1. The first-order valence-electron chi connectivity index (χ1n) is 11.2. The van der Waals surface area contributed by atoms with Crippen LogP contribution >= 0.6 is 11.3 Å². The number of anilines is 1. The number of furan rings is 1. The van der Waals surface area contributed by atoms with Crippen molar-refractivity contribution in [3.63, 3.8) is 0 Å². The summed E-state index contributed by atoms with van der Waals surface area (Å²) in [5.41, 5.74) is -0.0708. The zero-order valence-electron chi connectivity index (χ0n) is 18.8. The molecule has 178 valence electrons. The quantitative estimate of drug-likeness (QED) is 0.498. The molecule has 34 heavy (non-hydrogen) atoms. The number of aryl methyl sites for hydroxylation is 1. The minimum absolute atomic E-state index is 0.0119. The van der Waals surface area contributed by atoms with Crippen LogP contribution in [0.2, 0.25) is 0 Å². The van der Waals surface area contributed by atoms with Gasteiger partial charge in [-0.25, -0.2) is 4.39 Å². The number of hydrogen-bond acceptors (Lipinski definition) is 5. The summed E-state index contributed by atoms with van der Waals surface area (Å²) < 4.78 is 20.7. The summed E-state index contributed by atoms with van der Waals surface area (Å²) in [6.45, 7) is 1.31. The van der Waals surface area contributed by atoms with Gasteiger partial charge in [-0.05, 0) is 55.5 Å². The van der Waals surface area contributed by atoms with E-state index in [0.717, 1.165) is 30.6 Å². The van der Waals surface area contributed by atoms with Crippen LogP contribution in [0.4, 0.5) is 10.1 Å². The molecule has 2 heterocycles. The highest BCUT2D eigenvalue weighted by molar-refractivity contribution is 7.12. The van der Waals surface area contributed by atoms with Crippen LogP contribution in [-0.4, -0.2) is 30.3 Å². The highest BCUT2D eigenvalue weighted by Gasteiger charge is 2.37. The van der Waals surface area contributed by atoms with Crippen molar-refractivity contribution >= 4 is 34.7 Å². The summed E-state index contributed by atoms with van der Waals surface area (Å²) in [6.07, 6.45) is 3.72. The zero-order valence-corrected chi connectivity index (χ0v) is 19.6. The maximum atomic E-state index is 14.9. The van der Waals surface area contributed by atoms with Crippen molar-refractivity contribution in [3.05, 3.63) is 76.1 Å². The molecule has 0 aliphatic heterocycles. The number of thiophene rings is 1. The van der Waals surface area contributed by atoms with E-state index in [1.54, 1.807) is 42.6 Å². The molecule has 7 nitrogen and oxygen atoms in total. The molecule has 0 radical (unpaired) electrons. The molecule has 0 spiro atoms. The minimum Gasteiger partial charge on any atom is -0.464 e. The summed E-state index contributed by atoms with van der Waals surface area (Å²) in [4.78, 5) is 40.9. The van der Waals surface area contributed by atoms with Crippen LogP contribution in [-0.2, 0) is 9.59 Å². The first kappa shape index (κ1) is 23.7. The van der Waals surface area contributed by atoms with Gasteiger partial charge in [0.2, 0.25) is 5.91 Å². The fourth-order valence-corrected chi connectivity index (χ4v) is 4.76. The van der Waals surface area contributed by atoms with E-state index < -0.39 is 36.1 Å². The fraction of sp³-hybridized carbons (Fsp3) is 0.320. The van der Waals surface area contributed by atoms with Gasteiger partial charge >= 0.3 is 0 Å². The van der Waals surface area contributed by atoms with Crippen molar-refractivity contribution in [2.75, 3.05) is 11.4 Å². The number of carbonyl (C=O) groups excluding carboxylic acids is 3. The molecule has 1 aromatic carbocycles. The van der Waals surface area contributed by atoms with E-state index in [2.05, 4.69) is 10.6 Å². The molecular formula is C25H26FN3O4S. The Kier molecular flexibility index (Phi) is 7.42. The molecular weight excluding hydrogens is 457 g/mol. The molecule has 1 fully saturated rings. The van der Waals surface area contributed by atoms with Gasteiger partial charge in [0, 0.05) is 6.04 Å². The smallest absolute Gasteiger partial charge is 0.261 e. The largest absolute Gasteiger partial charge is 0.464 e. The second-order valence-corrected chi connectivity index (χ2v) is 9.16. The Hall–Kier alpha value is -3.46. The van der Waals surface area contributed by atoms with Crippen LogP contribution in [0.5, 0.6) is 0 Å². The molecule has 3 amide bonds.